The van der Waals surface area contributed by atoms with Crippen LogP contribution in [0.15, 0.2) is 17.0 Å². The van der Waals surface area contributed by atoms with Crippen molar-refractivity contribution in [1.29, 1.82) is 0 Å². The van der Waals surface area contributed by atoms with Gasteiger partial charge >= 0.3 is 0 Å². The minimum Gasteiger partial charge on any atom is -0.311 e. The summed E-state index contributed by atoms with van der Waals surface area (Å²) in [6.45, 7) is 3.97. The molecule has 0 radical (unpaired) electrons. The van der Waals surface area contributed by atoms with Gasteiger partial charge in [0.05, 0.1) is 15.7 Å². The molecule has 2 rings (SSSR count). The summed E-state index contributed by atoms with van der Waals surface area (Å²) in [4.78, 5) is 8.75. The number of hydrogen-bond acceptors (Lipinski definition) is 5. The van der Waals surface area contributed by atoms with Crippen molar-refractivity contribution in [3.05, 3.63) is 32.7 Å². The van der Waals surface area contributed by atoms with Gasteiger partial charge in [-0.3, -0.25) is 0 Å². The molecule has 0 bridgehead atoms. The van der Waals surface area contributed by atoms with E-state index < -0.39 is 0 Å². The first-order chi connectivity index (χ1) is 7.88. The highest BCUT2D eigenvalue weighted by Gasteiger charge is 2.00. The molecule has 5 heteroatoms. The van der Waals surface area contributed by atoms with Crippen molar-refractivity contribution in [1.82, 2.24) is 15.3 Å². The topological polar surface area (TPSA) is 37.8 Å². The highest BCUT2D eigenvalue weighted by Crippen LogP contribution is 2.09. The summed E-state index contributed by atoms with van der Waals surface area (Å²) < 4.78 is 0. The molecule has 0 spiro atoms. The van der Waals surface area contributed by atoms with E-state index in [9.17, 15) is 0 Å². The Balaban J connectivity index is 1.68. The Morgan fingerprint density at radius 3 is 2.94 bits per heavy atom. The second-order valence-corrected chi connectivity index (χ2v) is 5.36. The van der Waals surface area contributed by atoms with Gasteiger partial charge in [-0.25, -0.2) is 9.97 Å². The molecule has 0 saturated heterocycles. The van der Waals surface area contributed by atoms with Gasteiger partial charge < -0.3 is 5.32 Å². The average molecular weight is 253 g/mol. The molecular formula is C11H15N3S2. The third kappa shape index (κ3) is 3.37. The lowest BCUT2D eigenvalue weighted by molar-refractivity contribution is 0.674. The van der Waals surface area contributed by atoms with Crippen molar-refractivity contribution in [2.24, 2.45) is 0 Å². The largest absolute Gasteiger partial charge is 0.311 e. The Bertz CT molecular complexity index is 409. The van der Waals surface area contributed by atoms with Crippen LogP contribution in [0, 0.1) is 0 Å². The van der Waals surface area contributed by atoms with Crippen molar-refractivity contribution in [3.63, 3.8) is 0 Å². The van der Waals surface area contributed by atoms with Crippen LogP contribution in [0.5, 0.6) is 0 Å². The van der Waals surface area contributed by atoms with Crippen LogP contribution in [0.1, 0.15) is 22.6 Å². The lowest BCUT2D eigenvalue weighted by Crippen LogP contribution is -2.16. The SMILES string of the molecule is CCc1nc(CNCCc2nccs2)cs1. The van der Waals surface area contributed by atoms with Crippen molar-refractivity contribution in [2.45, 2.75) is 26.3 Å². The van der Waals surface area contributed by atoms with Crippen LogP contribution in [0.2, 0.25) is 0 Å². The van der Waals surface area contributed by atoms with E-state index in [4.69, 9.17) is 0 Å². The van der Waals surface area contributed by atoms with Gasteiger partial charge in [-0.2, -0.15) is 0 Å². The number of rotatable bonds is 6. The van der Waals surface area contributed by atoms with Gasteiger partial charge in [0, 0.05) is 36.5 Å². The molecular weight excluding hydrogens is 238 g/mol. The zero-order valence-electron chi connectivity index (χ0n) is 9.27. The molecule has 16 heavy (non-hydrogen) atoms. The Hall–Kier alpha value is -0.780. The summed E-state index contributed by atoms with van der Waals surface area (Å²) in [5.74, 6) is 0. The van der Waals surface area contributed by atoms with Crippen molar-refractivity contribution in [3.8, 4) is 0 Å². The molecule has 0 fully saturated rings. The van der Waals surface area contributed by atoms with E-state index in [1.807, 2.05) is 11.6 Å². The summed E-state index contributed by atoms with van der Waals surface area (Å²) in [5.41, 5.74) is 1.15. The Morgan fingerprint density at radius 2 is 2.25 bits per heavy atom. The molecule has 0 saturated carbocycles. The Labute approximate surface area is 104 Å². The average Bonchev–Trinajstić information content (AvgIpc) is 2.95. The van der Waals surface area contributed by atoms with Gasteiger partial charge in [-0.05, 0) is 6.42 Å². The third-order valence-electron chi connectivity index (χ3n) is 2.21. The van der Waals surface area contributed by atoms with Gasteiger partial charge in [0.2, 0.25) is 0 Å². The van der Waals surface area contributed by atoms with Crippen LogP contribution in [0.4, 0.5) is 0 Å². The number of hydrogen-bond donors (Lipinski definition) is 1. The fourth-order valence-corrected chi connectivity index (χ4v) is 2.75. The summed E-state index contributed by atoms with van der Waals surface area (Å²) in [6.07, 6.45) is 3.89. The number of thiazole rings is 2. The zero-order valence-corrected chi connectivity index (χ0v) is 10.9. The molecule has 0 aliphatic heterocycles. The molecule has 0 atom stereocenters. The normalized spacial score (nSPS) is 10.8. The van der Waals surface area contributed by atoms with Crippen LogP contribution in [0.3, 0.4) is 0 Å². The predicted molar refractivity (Wildman–Crippen MR) is 69.0 cm³/mol. The second kappa shape index (κ2) is 6.08. The lowest BCUT2D eigenvalue weighted by atomic mass is 10.4. The van der Waals surface area contributed by atoms with Gasteiger partial charge in [0.1, 0.15) is 0 Å². The molecule has 0 aromatic carbocycles. The smallest absolute Gasteiger partial charge is 0.0937 e. The fraction of sp³-hybridized carbons (Fsp3) is 0.455. The van der Waals surface area contributed by atoms with Crippen LogP contribution < -0.4 is 5.32 Å². The van der Waals surface area contributed by atoms with E-state index >= 15 is 0 Å². The van der Waals surface area contributed by atoms with Crippen molar-refractivity contribution in [2.75, 3.05) is 6.54 Å². The molecule has 2 aromatic heterocycles. The van der Waals surface area contributed by atoms with Crippen LogP contribution >= 0.6 is 22.7 Å². The molecule has 0 unspecified atom stereocenters. The standard InChI is InChI=1S/C11H15N3S2/c1-2-10-14-9(8-16-10)7-12-4-3-11-13-5-6-15-11/h5-6,8,12H,2-4,7H2,1H3. The summed E-state index contributed by atoms with van der Waals surface area (Å²) in [5, 5.41) is 9.95. The number of aromatic nitrogens is 2. The molecule has 2 heterocycles. The maximum atomic E-state index is 4.51. The molecule has 0 aliphatic rings. The molecule has 86 valence electrons. The monoisotopic (exact) mass is 253 g/mol. The van der Waals surface area contributed by atoms with Crippen molar-refractivity contribution >= 4 is 22.7 Å². The molecule has 3 nitrogen and oxygen atoms in total. The molecule has 0 aliphatic carbocycles. The number of nitrogens with one attached hydrogen (secondary N) is 1. The van der Waals surface area contributed by atoms with E-state index in [1.54, 1.807) is 22.7 Å². The zero-order chi connectivity index (χ0) is 11.2. The van der Waals surface area contributed by atoms with Crippen molar-refractivity contribution < 1.29 is 0 Å². The van der Waals surface area contributed by atoms with Gasteiger partial charge in [0.25, 0.3) is 0 Å². The molecule has 0 amide bonds. The molecule has 1 N–H and O–H groups in total. The maximum absolute atomic E-state index is 4.51. The lowest BCUT2D eigenvalue weighted by Gasteiger charge is -2.00. The highest BCUT2D eigenvalue weighted by molar-refractivity contribution is 7.09. The second-order valence-electron chi connectivity index (χ2n) is 3.44. The minimum atomic E-state index is 0.863. The maximum Gasteiger partial charge on any atom is 0.0937 e. The summed E-state index contributed by atoms with van der Waals surface area (Å²) in [7, 11) is 0. The molecule has 2 aromatic rings. The van der Waals surface area contributed by atoms with Crippen LogP contribution in [-0.4, -0.2) is 16.5 Å². The van der Waals surface area contributed by atoms with Gasteiger partial charge in [-0.1, -0.05) is 6.92 Å². The first-order valence-electron chi connectivity index (χ1n) is 5.41. The third-order valence-corrected chi connectivity index (χ3v) is 4.09. The Kier molecular flexibility index (Phi) is 4.44. The van der Waals surface area contributed by atoms with Crippen LogP contribution in [0.25, 0.3) is 0 Å². The van der Waals surface area contributed by atoms with Crippen LogP contribution in [-0.2, 0) is 19.4 Å². The van der Waals surface area contributed by atoms with E-state index in [0.717, 1.165) is 31.6 Å². The number of nitrogens with zero attached hydrogens (tertiary/aromatic N) is 2. The van der Waals surface area contributed by atoms with Gasteiger partial charge in [-0.15, -0.1) is 22.7 Å². The quantitative estimate of drug-likeness (QED) is 0.804. The van der Waals surface area contributed by atoms with Gasteiger partial charge in [0.15, 0.2) is 0 Å². The van der Waals surface area contributed by atoms with E-state index in [-0.39, 0.29) is 0 Å². The van der Waals surface area contributed by atoms with E-state index in [2.05, 4.69) is 27.6 Å². The first kappa shape index (κ1) is 11.7. The fourth-order valence-electron chi connectivity index (χ4n) is 1.38. The van der Waals surface area contributed by atoms with E-state index in [1.165, 1.54) is 10.0 Å². The summed E-state index contributed by atoms with van der Waals surface area (Å²) in [6, 6.07) is 0. The summed E-state index contributed by atoms with van der Waals surface area (Å²) >= 11 is 3.46. The van der Waals surface area contributed by atoms with E-state index in [0.29, 0.717) is 0 Å². The minimum absolute atomic E-state index is 0.863. The Morgan fingerprint density at radius 1 is 1.31 bits per heavy atom. The first-order valence-corrected chi connectivity index (χ1v) is 7.16. The predicted octanol–water partition coefficient (Wildman–Crippen LogP) is 2.49. The highest BCUT2D eigenvalue weighted by atomic mass is 32.1. The number of aryl methyl sites for hydroxylation is 1.